The van der Waals surface area contributed by atoms with Crippen LogP contribution in [0.4, 0.5) is 5.69 Å². The molecular formula is C33H48N2O3. The summed E-state index contributed by atoms with van der Waals surface area (Å²) >= 11 is 0. The van der Waals surface area contributed by atoms with Crippen molar-refractivity contribution in [3.05, 3.63) is 75.1 Å². The van der Waals surface area contributed by atoms with E-state index in [0.29, 0.717) is 31.2 Å². The van der Waals surface area contributed by atoms with Gasteiger partial charge in [-0.1, -0.05) is 47.8 Å². The Balaban J connectivity index is 2.41. The van der Waals surface area contributed by atoms with Crippen molar-refractivity contribution in [2.24, 2.45) is 0 Å². The molecule has 0 amide bonds. The van der Waals surface area contributed by atoms with Crippen molar-refractivity contribution in [1.29, 1.82) is 0 Å². The number of aryl methyl sites for hydroxylation is 1. The average Bonchev–Trinajstić information content (AvgIpc) is 2.84. The van der Waals surface area contributed by atoms with E-state index in [0.717, 1.165) is 49.4 Å². The molecule has 0 saturated heterocycles. The van der Waals surface area contributed by atoms with Gasteiger partial charge in [-0.25, -0.2) is 0 Å². The average molecular weight is 521 g/mol. The summed E-state index contributed by atoms with van der Waals surface area (Å²) in [6.07, 6.45) is 14.4. The van der Waals surface area contributed by atoms with Crippen LogP contribution in [-0.4, -0.2) is 17.8 Å². The summed E-state index contributed by atoms with van der Waals surface area (Å²) in [4.78, 5) is 13.7. The van der Waals surface area contributed by atoms with Crippen LogP contribution in [-0.2, 0) is 6.54 Å². The van der Waals surface area contributed by atoms with Gasteiger partial charge in [0.1, 0.15) is 13.2 Å². The molecular weight excluding hydrogens is 472 g/mol. The Morgan fingerprint density at radius 1 is 0.842 bits per heavy atom. The summed E-state index contributed by atoms with van der Waals surface area (Å²) < 4.78 is 14.2. The third kappa shape index (κ3) is 9.92. The van der Waals surface area contributed by atoms with E-state index in [-0.39, 0.29) is 11.3 Å². The SMILES string of the molecule is CCCCn1c(=O)c(OCC=C(C)CCC=C(C)C)c(OCC=C(C)CCC=C(C)C)c2ccc(N)cc21. The van der Waals surface area contributed by atoms with Gasteiger partial charge in [0.2, 0.25) is 5.75 Å². The molecule has 0 fully saturated rings. The topological polar surface area (TPSA) is 66.5 Å². The molecule has 2 rings (SSSR count). The second-order valence-corrected chi connectivity index (χ2v) is 10.6. The maximum atomic E-state index is 13.7. The molecule has 0 aliphatic carbocycles. The van der Waals surface area contributed by atoms with E-state index >= 15 is 0 Å². The number of hydrogen-bond donors (Lipinski definition) is 1. The van der Waals surface area contributed by atoms with Crippen molar-refractivity contribution in [3.8, 4) is 11.5 Å². The smallest absolute Gasteiger partial charge is 0.297 e. The number of fused-ring (bicyclic) bond motifs is 1. The van der Waals surface area contributed by atoms with E-state index in [2.05, 4.69) is 72.8 Å². The quantitative estimate of drug-likeness (QED) is 0.189. The number of benzene rings is 1. The Bertz CT molecular complexity index is 1240. The lowest BCUT2D eigenvalue weighted by molar-refractivity contribution is 0.303. The van der Waals surface area contributed by atoms with Gasteiger partial charge in [-0.05, 0) is 104 Å². The van der Waals surface area contributed by atoms with Gasteiger partial charge in [0, 0.05) is 17.6 Å². The minimum absolute atomic E-state index is 0.175. The number of ether oxygens (including phenoxy) is 2. The van der Waals surface area contributed by atoms with Crippen LogP contribution in [0.25, 0.3) is 10.9 Å². The Hall–Kier alpha value is -3.21. The molecule has 0 bridgehead atoms. The normalized spacial score (nSPS) is 12.0. The minimum Gasteiger partial charge on any atom is -0.485 e. The fourth-order valence-corrected chi connectivity index (χ4v) is 4.14. The predicted octanol–water partition coefficient (Wildman–Crippen LogP) is 8.53. The van der Waals surface area contributed by atoms with Gasteiger partial charge in [-0.3, -0.25) is 4.79 Å². The van der Waals surface area contributed by atoms with Crippen molar-refractivity contribution in [2.75, 3.05) is 18.9 Å². The number of allylic oxidation sites excluding steroid dienone is 6. The van der Waals surface area contributed by atoms with Gasteiger partial charge in [0.15, 0.2) is 5.75 Å². The van der Waals surface area contributed by atoms with E-state index in [4.69, 9.17) is 15.2 Å². The Labute approximate surface area is 229 Å². The zero-order chi connectivity index (χ0) is 28.1. The van der Waals surface area contributed by atoms with E-state index in [1.54, 1.807) is 4.57 Å². The first-order chi connectivity index (χ1) is 18.1. The summed E-state index contributed by atoms with van der Waals surface area (Å²) in [6.45, 7) is 16.1. The number of rotatable bonds is 15. The maximum Gasteiger partial charge on any atom is 0.297 e. The van der Waals surface area contributed by atoms with Crippen LogP contribution in [0, 0.1) is 0 Å². The minimum atomic E-state index is -0.175. The number of anilines is 1. The third-order valence-electron chi connectivity index (χ3n) is 6.44. The van der Waals surface area contributed by atoms with Crippen LogP contribution in [0.3, 0.4) is 0 Å². The summed E-state index contributed by atoms with van der Waals surface area (Å²) in [5.41, 5.74) is 12.5. The molecule has 5 heteroatoms. The van der Waals surface area contributed by atoms with Gasteiger partial charge in [0.25, 0.3) is 5.56 Å². The van der Waals surface area contributed by atoms with Gasteiger partial charge >= 0.3 is 0 Å². The standard InChI is InChI=1S/C33H48N2O3/c1-8-9-20-35-30-23-28(34)16-17-29(30)31(37-21-18-26(6)14-10-12-24(2)3)32(33(35)36)38-22-19-27(7)15-11-13-25(4)5/h12-13,16-19,23H,8-11,14-15,20-22,34H2,1-7H3. The Morgan fingerprint density at radius 2 is 1.39 bits per heavy atom. The molecule has 0 aliphatic heterocycles. The van der Waals surface area contributed by atoms with Crippen LogP contribution < -0.4 is 20.8 Å². The van der Waals surface area contributed by atoms with Crippen molar-refractivity contribution in [3.63, 3.8) is 0 Å². The van der Waals surface area contributed by atoms with Gasteiger partial charge in [-0.15, -0.1) is 0 Å². The van der Waals surface area contributed by atoms with Gasteiger partial charge in [0.05, 0.1) is 5.52 Å². The first kappa shape index (κ1) is 31.0. The maximum absolute atomic E-state index is 13.7. The van der Waals surface area contributed by atoms with Crippen LogP contribution in [0.5, 0.6) is 11.5 Å². The van der Waals surface area contributed by atoms with Crippen LogP contribution in [0.2, 0.25) is 0 Å². The third-order valence-corrected chi connectivity index (χ3v) is 6.44. The first-order valence-corrected chi connectivity index (χ1v) is 13.9. The van der Waals surface area contributed by atoms with Crippen LogP contribution in [0.15, 0.2) is 69.6 Å². The highest BCUT2D eigenvalue weighted by molar-refractivity contribution is 5.90. The molecule has 1 heterocycles. The van der Waals surface area contributed by atoms with Crippen molar-refractivity contribution in [2.45, 2.75) is 93.5 Å². The molecule has 38 heavy (non-hydrogen) atoms. The van der Waals surface area contributed by atoms with Crippen LogP contribution >= 0.6 is 0 Å². The largest absolute Gasteiger partial charge is 0.485 e. The Kier molecular flexibility index (Phi) is 13.0. The highest BCUT2D eigenvalue weighted by atomic mass is 16.5. The lowest BCUT2D eigenvalue weighted by atomic mass is 10.1. The summed E-state index contributed by atoms with van der Waals surface area (Å²) in [6, 6.07) is 5.64. The van der Waals surface area contributed by atoms with Gasteiger partial charge < -0.3 is 19.8 Å². The molecule has 1 aromatic carbocycles. The van der Waals surface area contributed by atoms with Crippen molar-refractivity contribution < 1.29 is 9.47 Å². The number of pyridine rings is 1. The molecule has 1 aromatic heterocycles. The van der Waals surface area contributed by atoms with Crippen molar-refractivity contribution in [1.82, 2.24) is 4.57 Å². The number of unbranched alkanes of at least 4 members (excludes halogenated alkanes) is 1. The molecule has 0 aliphatic rings. The first-order valence-electron chi connectivity index (χ1n) is 13.9. The van der Waals surface area contributed by atoms with E-state index < -0.39 is 0 Å². The van der Waals surface area contributed by atoms with E-state index in [9.17, 15) is 4.79 Å². The number of nitrogen functional groups attached to an aromatic ring is 1. The van der Waals surface area contributed by atoms with E-state index in [1.165, 1.54) is 22.3 Å². The molecule has 5 nitrogen and oxygen atoms in total. The molecule has 0 saturated carbocycles. The number of nitrogens with zero attached hydrogens (tertiary/aromatic N) is 1. The monoisotopic (exact) mass is 520 g/mol. The van der Waals surface area contributed by atoms with Gasteiger partial charge in [-0.2, -0.15) is 0 Å². The zero-order valence-corrected chi connectivity index (χ0v) is 24.7. The molecule has 2 aromatic rings. The lowest BCUT2D eigenvalue weighted by Gasteiger charge is -2.18. The second-order valence-electron chi connectivity index (χ2n) is 10.6. The number of aromatic nitrogens is 1. The second kappa shape index (κ2) is 15.9. The molecule has 2 N–H and O–H groups in total. The molecule has 0 spiro atoms. The zero-order valence-electron chi connectivity index (χ0n) is 24.7. The Morgan fingerprint density at radius 3 is 1.92 bits per heavy atom. The highest BCUT2D eigenvalue weighted by Crippen LogP contribution is 2.34. The fraction of sp³-hybridized carbons (Fsp3) is 0.485. The summed E-state index contributed by atoms with van der Waals surface area (Å²) in [7, 11) is 0. The van der Waals surface area contributed by atoms with E-state index in [1.807, 2.05) is 18.2 Å². The van der Waals surface area contributed by atoms with Crippen molar-refractivity contribution >= 4 is 16.6 Å². The fourth-order valence-electron chi connectivity index (χ4n) is 4.14. The molecule has 0 radical (unpaired) electrons. The summed E-state index contributed by atoms with van der Waals surface area (Å²) in [5, 5.41) is 0.838. The lowest BCUT2D eigenvalue weighted by Crippen LogP contribution is -2.24. The summed E-state index contributed by atoms with van der Waals surface area (Å²) in [5.74, 6) is 0.754. The molecule has 0 unspecified atom stereocenters. The number of hydrogen-bond acceptors (Lipinski definition) is 4. The number of nitrogens with two attached hydrogens (primary N) is 1. The highest BCUT2D eigenvalue weighted by Gasteiger charge is 2.19. The van der Waals surface area contributed by atoms with Crippen LogP contribution in [0.1, 0.15) is 87.0 Å². The molecule has 0 atom stereocenters. The molecule has 208 valence electrons. The predicted molar refractivity (Wildman–Crippen MR) is 163 cm³/mol.